The molecule has 2 aromatic rings. The third-order valence-electron chi connectivity index (χ3n) is 3.53. The van der Waals surface area contributed by atoms with Gasteiger partial charge in [-0.3, -0.25) is 9.59 Å². The topological polar surface area (TPSA) is 72.5 Å². The fourth-order valence-electron chi connectivity index (χ4n) is 2.07. The molecule has 0 heterocycles. The minimum absolute atomic E-state index is 0.0597. The maximum atomic E-state index is 12.1. The van der Waals surface area contributed by atoms with Gasteiger partial charge in [-0.1, -0.05) is 29.8 Å². The van der Waals surface area contributed by atoms with Gasteiger partial charge in [-0.15, -0.1) is 0 Å². The Morgan fingerprint density at radius 1 is 1.08 bits per heavy atom. The van der Waals surface area contributed by atoms with Crippen LogP contribution in [0.15, 0.2) is 54.6 Å². The first-order valence-corrected chi connectivity index (χ1v) is 8.29. The van der Waals surface area contributed by atoms with Gasteiger partial charge in [0.15, 0.2) is 11.9 Å². The highest BCUT2D eigenvalue weighted by Crippen LogP contribution is 2.16. The van der Waals surface area contributed by atoms with Gasteiger partial charge < -0.3 is 10.1 Å². The Bertz CT molecular complexity index is 843. The van der Waals surface area contributed by atoms with Gasteiger partial charge in [-0.25, -0.2) is 4.79 Å². The number of amides is 1. The van der Waals surface area contributed by atoms with Crippen molar-refractivity contribution in [1.29, 1.82) is 0 Å². The van der Waals surface area contributed by atoms with E-state index in [1.54, 1.807) is 48.5 Å². The van der Waals surface area contributed by atoms with Crippen LogP contribution in [0.2, 0.25) is 5.02 Å². The molecule has 2 rings (SSSR count). The first-order valence-electron chi connectivity index (χ1n) is 7.92. The summed E-state index contributed by atoms with van der Waals surface area (Å²) in [6.45, 7) is 2.94. The highest BCUT2D eigenvalue weighted by atomic mass is 35.5. The quantitative estimate of drug-likeness (QED) is 0.471. The molecule has 6 heteroatoms. The Hall–Kier alpha value is -2.92. The standard InChI is InChI=1S/C20H18ClNO4/c1-13(23)15-7-10-17(11-8-15)22-20(25)14(2)26-19(24)12-9-16-5-3-4-6-18(16)21/h3-12,14H,1-2H3,(H,22,25)/b12-9+. The second-order valence-corrected chi connectivity index (χ2v) is 5.96. The molecule has 0 bridgehead atoms. The number of ketones is 1. The number of Topliss-reactive ketones (excluding diaryl/α,β-unsaturated/α-hetero) is 1. The number of nitrogens with one attached hydrogen (secondary N) is 1. The number of hydrogen-bond acceptors (Lipinski definition) is 4. The Balaban J connectivity index is 1.90. The largest absolute Gasteiger partial charge is 0.449 e. The van der Waals surface area contributed by atoms with E-state index < -0.39 is 18.0 Å². The Morgan fingerprint density at radius 2 is 1.73 bits per heavy atom. The van der Waals surface area contributed by atoms with Gasteiger partial charge in [0, 0.05) is 22.3 Å². The lowest BCUT2D eigenvalue weighted by Gasteiger charge is -2.12. The van der Waals surface area contributed by atoms with E-state index >= 15 is 0 Å². The molecule has 1 atom stereocenters. The van der Waals surface area contributed by atoms with Crippen molar-refractivity contribution in [3.63, 3.8) is 0 Å². The molecule has 1 N–H and O–H groups in total. The van der Waals surface area contributed by atoms with Crippen molar-refractivity contribution >= 4 is 41.0 Å². The molecule has 0 aliphatic rings. The van der Waals surface area contributed by atoms with E-state index in [1.807, 2.05) is 0 Å². The average Bonchev–Trinajstić information content (AvgIpc) is 2.61. The molecule has 1 amide bonds. The SMILES string of the molecule is CC(=O)c1ccc(NC(=O)C(C)OC(=O)/C=C/c2ccccc2Cl)cc1. The lowest BCUT2D eigenvalue weighted by Crippen LogP contribution is -2.29. The van der Waals surface area contributed by atoms with E-state index in [1.165, 1.54) is 26.0 Å². The number of carbonyl (C=O) groups excluding carboxylic acids is 3. The van der Waals surface area contributed by atoms with Gasteiger partial charge in [-0.2, -0.15) is 0 Å². The minimum atomic E-state index is -0.981. The van der Waals surface area contributed by atoms with E-state index in [4.69, 9.17) is 16.3 Å². The van der Waals surface area contributed by atoms with Gasteiger partial charge in [0.1, 0.15) is 0 Å². The van der Waals surface area contributed by atoms with E-state index in [-0.39, 0.29) is 5.78 Å². The highest BCUT2D eigenvalue weighted by Gasteiger charge is 2.16. The molecule has 0 aliphatic carbocycles. The summed E-state index contributed by atoms with van der Waals surface area (Å²) < 4.78 is 5.07. The molecule has 134 valence electrons. The van der Waals surface area contributed by atoms with Gasteiger partial charge in [-0.05, 0) is 55.8 Å². The van der Waals surface area contributed by atoms with Gasteiger partial charge in [0.2, 0.25) is 0 Å². The number of esters is 1. The Labute approximate surface area is 156 Å². The summed E-state index contributed by atoms with van der Waals surface area (Å²) in [6, 6.07) is 13.5. The minimum Gasteiger partial charge on any atom is -0.449 e. The Kier molecular flexibility index (Phi) is 6.69. The molecule has 0 saturated carbocycles. The summed E-state index contributed by atoms with van der Waals surface area (Å²) in [5.74, 6) is -1.19. The van der Waals surface area contributed by atoms with Crippen molar-refractivity contribution in [3.05, 3.63) is 70.8 Å². The summed E-state index contributed by atoms with van der Waals surface area (Å²) in [5.41, 5.74) is 1.73. The first-order chi connectivity index (χ1) is 12.4. The molecule has 5 nitrogen and oxygen atoms in total. The van der Waals surface area contributed by atoms with Crippen molar-refractivity contribution in [1.82, 2.24) is 0 Å². The smallest absolute Gasteiger partial charge is 0.331 e. The van der Waals surface area contributed by atoms with Crippen molar-refractivity contribution in [2.45, 2.75) is 20.0 Å². The number of rotatable bonds is 6. The molecular formula is C20H18ClNO4. The molecule has 1 unspecified atom stereocenters. The molecule has 0 saturated heterocycles. The number of hydrogen-bond donors (Lipinski definition) is 1. The van der Waals surface area contributed by atoms with Crippen molar-refractivity contribution in [2.75, 3.05) is 5.32 Å². The monoisotopic (exact) mass is 371 g/mol. The van der Waals surface area contributed by atoms with Gasteiger partial charge in [0.25, 0.3) is 5.91 Å². The van der Waals surface area contributed by atoms with E-state index in [9.17, 15) is 14.4 Å². The van der Waals surface area contributed by atoms with Crippen LogP contribution < -0.4 is 5.32 Å². The fourth-order valence-corrected chi connectivity index (χ4v) is 2.27. The summed E-state index contributed by atoms with van der Waals surface area (Å²) in [6.07, 6.45) is 1.76. The maximum absolute atomic E-state index is 12.1. The zero-order valence-electron chi connectivity index (χ0n) is 14.4. The second kappa shape index (κ2) is 8.97. The predicted molar refractivity (Wildman–Crippen MR) is 101 cm³/mol. The lowest BCUT2D eigenvalue weighted by molar-refractivity contribution is -0.148. The van der Waals surface area contributed by atoms with Gasteiger partial charge in [0.05, 0.1) is 0 Å². The van der Waals surface area contributed by atoms with Crippen molar-refractivity contribution in [2.24, 2.45) is 0 Å². The molecule has 0 fully saturated rings. The van der Waals surface area contributed by atoms with Crippen LogP contribution in [0.1, 0.15) is 29.8 Å². The van der Waals surface area contributed by atoms with Crippen LogP contribution in [0.4, 0.5) is 5.69 Å². The molecule has 2 aromatic carbocycles. The molecule has 0 radical (unpaired) electrons. The molecule has 0 aliphatic heterocycles. The fraction of sp³-hybridized carbons (Fsp3) is 0.150. The number of carbonyl (C=O) groups is 3. The number of ether oxygens (including phenoxy) is 1. The van der Waals surface area contributed by atoms with Crippen LogP contribution in [0, 0.1) is 0 Å². The third-order valence-corrected chi connectivity index (χ3v) is 3.87. The highest BCUT2D eigenvalue weighted by molar-refractivity contribution is 6.32. The maximum Gasteiger partial charge on any atom is 0.331 e. The van der Waals surface area contributed by atoms with E-state index in [0.29, 0.717) is 21.8 Å². The average molecular weight is 372 g/mol. The lowest BCUT2D eigenvalue weighted by atomic mass is 10.1. The van der Waals surface area contributed by atoms with Crippen LogP contribution >= 0.6 is 11.6 Å². The van der Waals surface area contributed by atoms with Crippen molar-refractivity contribution in [3.8, 4) is 0 Å². The van der Waals surface area contributed by atoms with E-state index in [2.05, 4.69) is 5.32 Å². The third kappa shape index (κ3) is 5.57. The molecular weight excluding hydrogens is 354 g/mol. The zero-order valence-corrected chi connectivity index (χ0v) is 15.1. The second-order valence-electron chi connectivity index (χ2n) is 5.56. The molecule has 0 aromatic heterocycles. The normalized spacial score (nSPS) is 11.8. The first kappa shape index (κ1) is 19.4. The summed E-state index contributed by atoms with van der Waals surface area (Å²) in [7, 11) is 0. The van der Waals surface area contributed by atoms with Crippen molar-refractivity contribution < 1.29 is 19.1 Å². The zero-order chi connectivity index (χ0) is 19.1. The summed E-state index contributed by atoms with van der Waals surface area (Å²) >= 11 is 6.00. The number of benzene rings is 2. The Morgan fingerprint density at radius 3 is 2.35 bits per heavy atom. The van der Waals surface area contributed by atoms with E-state index in [0.717, 1.165) is 0 Å². The van der Waals surface area contributed by atoms with Crippen LogP contribution in [-0.4, -0.2) is 23.8 Å². The van der Waals surface area contributed by atoms with Crippen LogP contribution in [-0.2, 0) is 14.3 Å². The summed E-state index contributed by atoms with van der Waals surface area (Å²) in [5, 5.41) is 3.13. The van der Waals surface area contributed by atoms with Crippen LogP contribution in [0.5, 0.6) is 0 Å². The molecule has 0 spiro atoms. The number of anilines is 1. The van der Waals surface area contributed by atoms with Crippen LogP contribution in [0.3, 0.4) is 0 Å². The summed E-state index contributed by atoms with van der Waals surface area (Å²) in [4.78, 5) is 35.2. The van der Waals surface area contributed by atoms with Gasteiger partial charge >= 0.3 is 5.97 Å². The van der Waals surface area contributed by atoms with Crippen LogP contribution in [0.25, 0.3) is 6.08 Å². The predicted octanol–water partition coefficient (Wildman–Crippen LogP) is 4.13. The number of halogens is 1. The molecule has 26 heavy (non-hydrogen) atoms.